The second-order valence-electron chi connectivity index (χ2n) is 9.63. The smallest absolute Gasteiger partial charge is 0.269 e. The number of carbonyl (C=O) groups excluding carboxylic acids is 3. The first-order chi connectivity index (χ1) is 19.2. The van der Waals surface area contributed by atoms with Crippen molar-refractivity contribution in [3.8, 4) is 0 Å². The van der Waals surface area contributed by atoms with E-state index in [-0.39, 0.29) is 48.2 Å². The van der Waals surface area contributed by atoms with Crippen LogP contribution in [-0.2, 0) is 32.6 Å². The lowest BCUT2D eigenvalue weighted by molar-refractivity contribution is -0.141. The number of hydrogen-bond donors (Lipinski definition) is 1. The third kappa shape index (κ3) is 6.71. The Labute approximate surface area is 240 Å². The summed E-state index contributed by atoms with van der Waals surface area (Å²) in [5.41, 5.74) is 1.79. The average molecular weight is 582 g/mol. The largest absolute Gasteiger partial charge is 0.354 e. The van der Waals surface area contributed by atoms with Crippen molar-refractivity contribution < 1.29 is 22.8 Å². The number of halogens is 1. The SMILES string of the molecule is CCCNC(=O)C(Cc1ccccc1)N(Cc1cccc(Cl)c1)C(=O)CCCN1C(=O)c2ccccc2S1(=O)=O. The highest BCUT2D eigenvalue weighted by atomic mass is 35.5. The van der Waals surface area contributed by atoms with E-state index in [1.165, 1.54) is 17.0 Å². The van der Waals surface area contributed by atoms with Gasteiger partial charge in [0.25, 0.3) is 15.9 Å². The van der Waals surface area contributed by atoms with E-state index in [0.29, 0.717) is 18.0 Å². The Balaban J connectivity index is 1.56. The summed E-state index contributed by atoms with van der Waals surface area (Å²) in [5, 5.41) is 3.43. The van der Waals surface area contributed by atoms with Crippen molar-refractivity contribution in [1.29, 1.82) is 0 Å². The van der Waals surface area contributed by atoms with E-state index in [1.54, 1.807) is 30.3 Å². The minimum atomic E-state index is -3.97. The van der Waals surface area contributed by atoms with Crippen LogP contribution in [0.3, 0.4) is 0 Å². The minimum absolute atomic E-state index is 0.0237. The van der Waals surface area contributed by atoms with Gasteiger partial charge in [0.1, 0.15) is 10.9 Å². The molecule has 8 nitrogen and oxygen atoms in total. The van der Waals surface area contributed by atoms with Crippen LogP contribution in [0.1, 0.15) is 47.7 Å². The zero-order valence-electron chi connectivity index (χ0n) is 22.3. The number of carbonyl (C=O) groups is 3. The van der Waals surface area contributed by atoms with Crippen LogP contribution in [0.2, 0.25) is 5.02 Å². The van der Waals surface area contributed by atoms with Crippen molar-refractivity contribution in [2.45, 2.75) is 50.1 Å². The van der Waals surface area contributed by atoms with E-state index < -0.39 is 22.0 Å². The molecule has 3 aromatic rings. The Morgan fingerprint density at radius 1 is 0.975 bits per heavy atom. The van der Waals surface area contributed by atoms with E-state index in [0.717, 1.165) is 21.9 Å². The summed E-state index contributed by atoms with van der Waals surface area (Å²) in [6, 6.07) is 21.8. The van der Waals surface area contributed by atoms with Crippen LogP contribution in [0.4, 0.5) is 0 Å². The molecule has 4 rings (SSSR count). The maximum absolute atomic E-state index is 13.7. The molecular formula is C30H32ClN3O5S. The molecule has 10 heteroatoms. The molecular weight excluding hydrogens is 550 g/mol. The highest BCUT2D eigenvalue weighted by Crippen LogP contribution is 2.30. The van der Waals surface area contributed by atoms with Crippen molar-refractivity contribution in [1.82, 2.24) is 14.5 Å². The molecule has 1 aliphatic rings. The van der Waals surface area contributed by atoms with Crippen molar-refractivity contribution in [3.63, 3.8) is 0 Å². The van der Waals surface area contributed by atoms with Gasteiger partial charge in [0, 0.05) is 37.5 Å². The Bertz CT molecular complexity index is 1480. The summed E-state index contributed by atoms with van der Waals surface area (Å²) >= 11 is 6.21. The molecule has 0 spiro atoms. The average Bonchev–Trinajstić information content (AvgIpc) is 3.14. The molecule has 0 aromatic heterocycles. The standard InChI is InChI=1S/C30H32ClN3O5S/c1-2-17-32-29(36)26(20-22-10-4-3-5-11-22)33(21-23-12-8-13-24(31)19-23)28(35)16-9-18-34-30(37)25-14-6-7-15-27(25)40(34,38)39/h3-8,10-15,19,26H,2,9,16-18,20-21H2,1H3,(H,32,36). The lowest BCUT2D eigenvalue weighted by Gasteiger charge is -2.32. The molecule has 0 aliphatic carbocycles. The summed E-state index contributed by atoms with van der Waals surface area (Å²) in [5.74, 6) is -1.19. The topological polar surface area (TPSA) is 104 Å². The van der Waals surface area contributed by atoms with Gasteiger partial charge in [-0.25, -0.2) is 12.7 Å². The zero-order chi connectivity index (χ0) is 28.7. The molecule has 1 atom stereocenters. The van der Waals surface area contributed by atoms with Gasteiger partial charge in [-0.3, -0.25) is 14.4 Å². The molecule has 3 aromatic carbocycles. The van der Waals surface area contributed by atoms with Gasteiger partial charge in [0.15, 0.2) is 0 Å². The predicted octanol–water partition coefficient (Wildman–Crippen LogP) is 4.43. The van der Waals surface area contributed by atoms with Crippen LogP contribution >= 0.6 is 11.6 Å². The molecule has 0 saturated heterocycles. The van der Waals surface area contributed by atoms with Crippen molar-refractivity contribution in [2.24, 2.45) is 0 Å². The second-order valence-corrected chi connectivity index (χ2v) is 11.9. The molecule has 3 amide bonds. The zero-order valence-corrected chi connectivity index (χ0v) is 23.8. The Morgan fingerprint density at radius 3 is 2.38 bits per heavy atom. The normalized spacial score (nSPS) is 14.4. The summed E-state index contributed by atoms with van der Waals surface area (Å²) in [6.07, 6.45) is 1.10. The van der Waals surface area contributed by atoms with Gasteiger partial charge in [-0.1, -0.05) is 73.1 Å². The van der Waals surface area contributed by atoms with Gasteiger partial charge in [-0.2, -0.15) is 0 Å². The van der Waals surface area contributed by atoms with E-state index >= 15 is 0 Å². The molecule has 0 radical (unpaired) electrons. The van der Waals surface area contributed by atoms with Gasteiger partial charge in [-0.05, 0) is 48.2 Å². The number of rotatable bonds is 12. The predicted molar refractivity (Wildman–Crippen MR) is 153 cm³/mol. The molecule has 1 N–H and O–H groups in total. The Hall–Kier alpha value is -3.69. The Morgan fingerprint density at radius 2 is 1.68 bits per heavy atom. The van der Waals surface area contributed by atoms with Crippen LogP contribution in [0.15, 0.2) is 83.8 Å². The van der Waals surface area contributed by atoms with Crippen molar-refractivity contribution in [2.75, 3.05) is 13.1 Å². The number of sulfonamides is 1. The first kappa shape index (κ1) is 29.3. The van der Waals surface area contributed by atoms with E-state index in [2.05, 4.69) is 5.32 Å². The van der Waals surface area contributed by atoms with Gasteiger partial charge >= 0.3 is 0 Å². The van der Waals surface area contributed by atoms with E-state index in [9.17, 15) is 22.8 Å². The summed E-state index contributed by atoms with van der Waals surface area (Å²) in [7, 11) is -3.97. The minimum Gasteiger partial charge on any atom is -0.354 e. The monoisotopic (exact) mass is 581 g/mol. The molecule has 0 bridgehead atoms. The Kier molecular flexibility index (Phi) is 9.60. The summed E-state index contributed by atoms with van der Waals surface area (Å²) in [4.78, 5) is 41.4. The number of benzene rings is 3. The number of hydrogen-bond acceptors (Lipinski definition) is 5. The third-order valence-corrected chi connectivity index (χ3v) is 8.80. The first-order valence-corrected chi connectivity index (χ1v) is 15.1. The fourth-order valence-corrected chi connectivity index (χ4v) is 6.54. The van der Waals surface area contributed by atoms with Gasteiger partial charge < -0.3 is 10.2 Å². The van der Waals surface area contributed by atoms with Crippen molar-refractivity contribution in [3.05, 3.63) is 101 Å². The molecule has 0 fully saturated rings. The maximum atomic E-state index is 13.7. The molecule has 1 heterocycles. The lowest BCUT2D eigenvalue weighted by atomic mass is 10.0. The van der Waals surface area contributed by atoms with Crippen LogP contribution in [0, 0.1) is 0 Å². The number of fused-ring (bicyclic) bond motifs is 1. The number of nitrogens with zero attached hydrogens (tertiary/aromatic N) is 2. The van der Waals surface area contributed by atoms with Gasteiger partial charge in [-0.15, -0.1) is 0 Å². The summed E-state index contributed by atoms with van der Waals surface area (Å²) < 4.78 is 26.7. The lowest BCUT2D eigenvalue weighted by Crippen LogP contribution is -2.50. The molecule has 210 valence electrons. The number of amides is 3. The maximum Gasteiger partial charge on any atom is 0.269 e. The highest BCUT2D eigenvalue weighted by molar-refractivity contribution is 7.90. The highest BCUT2D eigenvalue weighted by Gasteiger charge is 2.40. The van der Waals surface area contributed by atoms with E-state index in [1.807, 2.05) is 43.3 Å². The first-order valence-electron chi connectivity index (χ1n) is 13.2. The molecule has 1 unspecified atom stereocenters. The van der Waals surface area contributed by atoms with Crippen LogP contribution in [0.25, 0.3) is 0 Å². The second kappa shape index (κ2) is 13.1. The van der Waals surface area contributed by atoms with E-state index in [4.69, 9.17) is 11.6 Å². The van der Waals surface area contributed by atoms with Crippen LogP contribution in [-0.4, -0.2) is 54.5 Å². The van der Waals surface area contributed by atoms with Crippen LogP contribution < -0.4 is 5.32 Å². The summed E-state index contributed by atoms with van der Waals surface area (Å²) in [6.45, 7) is 2.42. The molecule has 0 saturated carbocycles. The third-order valence-electron chi connectivity index (χ3n) is 6.73. The number of nitrogens with one attached hydrogen (secondary N) is 1. The molecule has 1 aliphatic heterocycles. The van der Waals surface area contributed by atoms with Crippen molar-refractivity contribution >= 4 is 39.3 Å². The quantitative estimate of drug-likeness (QED) is 0.341. The molecule has 40 heavy (non-hydrogen) atoms. The van der Waals surface area contributed by atoms with Crippen LogP contribution in [0.5, 0.6) is 0 Å². The fraction of sp³-hybridized carbons (Fsp3) is 0.300. The van der Waals surface area contributed by atoms with Gasteiger partial charge in [0.2, 0.25) is 11.8 Å². The van der Waals surface area contributed by atoms with Gasteiger partial charge in [0.05, 0.1) is 5.56 Å². The fourth-order valence-electron chi connectivity index (χ4n) is 4.72.